The SMILES string of the molecule is COc1ccc(Cn2cnc3ccc4cc(N5CCN(c6ccc(F)cc6)CC5)ccc4c3c2=O)cc1OC. The van der Waals surface area contributed by atoms with E-state index in [1.54, 1.807) is 25.1 Å². The van der Waals surface area contributed by atoms with Crippen LogP contribution in [-0.2, 0) is 6.54 Å². The number of halogens is 1. The Bertz CT molecular complexity index is 1710. The molecule has 0 saturated carbocycles. The Morgan fingerprint density at radius 2 is 1.49 bits per heavy atom. The molecule has 4 aromatic carbocycles. The molecule has 39 heavy (non-hydrogen) atoms. The van der Waals surface area contributed by atoms with Crippen LogP contribution in [0, 0.1) is 5.82 Å². The van der Waals surface area contributed by atoms with E-state index in [-0.39, 0.29) is 11.4 Å². The molecule has 0 atom stereocenters. The number of hydrogen-bond acceptors (Lipinski definition) is 6. The minimum absolute atomic E-state index is 0.0824. The molecule has 0 spiro atoms. The van der Waals surface area contributed by atoms with E-state index in [2.05, 4.69) is 26.9 Å². The first-order valence-electron chi connectivity index (χ1n) is 12.9. The van der Waals surface area contributed by atoms with Crippen molar-refractivity contribution in [2.75, 3.05) is 50.2 Å². The normalized spacial score (nSPS) is 13.7. The fourth-order valence-corrected chi connectivity index (χ4v) is 5.33. The highest BCUT2D eigenvalue weighted by Crippen LogP contribution is 2.29. The summed E-state index contributed by atoms with van der Waals surface area (Å²) < 4.78 is 25.7. The Morgan fingerprint density at radius 1 is 0.795 bits per heavy atom. The first-order chi connectivity index (χ1) is 19.0. The van der Waals surface area contributed by atoms with Crippen molar-refractivity contribution in [3.63, 3.8) is 0 Å². The lowest BCUT2D eigenvalue weighted by Gasteiger charge is -2.37. The van der Waals surface area contributed by atoms with Gasteiger partial charge in [0, 0.05) is 37.6 Å². The molecule has 1 fully saturated rings. The quantitative estimate of drug-likeness (QED) is 0.289. The van der Waals surface area contributed by atoms with Crippen molar-refractivity contribution >= 4 is 33.1 Å². The van der Waals surface area contributed by atoms with Crippen molar-refractivity contribution in [1.29, 1.82) is 0 Å². The van der Waals surface area contributed by atoms with Crippen LogP contribution in [-0.4, -0.2) is 49.9 Å². The third-order valence-electron chi connectivity index (χ3n) is 7.43. The summed E-state index contributed by atoms with van der Waals surface area (Å²) in [7, 11) is 3.19. The first kappa shape index (κ1) is 24.7. The van der Waals surface area contributed by atoms with Crippen molar-refractivity contribution in [1.82, 2.24) is 9.55 Å². The zero-order valence-electron chi connectivity index (χ0n) is 21.9. The molecule has 2 heterocycles. The number of ether oxygens (including phenoxy) is 2. The van der Waals surface area contributed by atoms with Crippen molar-refractivity contribution in [2.24, 2.45) is 0 Å². The summed E-state index contributed by atoms with van der Waals surface area (Å²) in [6.45, 7) is 3.79. The molecule has 6 rings (SSSR count). The number of piperazine rings is 1. The zero-order valence-corrected chi connectivity index (χ0v) is 21.9. The number of anilines is 2. The van der Waals surface area contributed by atoms with Gasteiger partial charge in [-0.2, -0.15) is 0 Å². The van der Waals surface area contributed by atoms with Gasteiger partial charge in [-0.05, 0) is 70.9 Å². The van der Waals surface area contributed by atoms with Crippen molar-refractivity contribution < 1.29 is 13.9 Å². The molecule has 7 nitrogen and oxygen atoms in total. The number of fused-ring (bicyclic) bond motifs is 3. The van der Waals surface area contributed by atoms with Crippen LogP contribution in [0.5, 0.6) is 11.5 Å². The van der Waals surface area contributed by atoms with Crippen LogP contribution < -0.4 is 24.8 Å². The number of rotatable bonds is 6. The Labute approximate surface area is 225 Å². The lowest BCUT2D eigenvalue weighted by Crippen LogP contribution is -2.46. The van der Waals surface area contributed by atoms with E-state index in [9.17, 15) is 9.18 Å². The molecule has 1 aliphatic rings. The van der Waals surface area contributed by atoms with Crippen molar-refractivity contribution in [3.05, 3.63) is 101 Å². The van der Waals surface area contributed by atoms with Gasteiger partial charge in [0.15, 0.2) is 11.5 Å². The number of aromatic nitrogens is 2. The van der Waals surface area contributed by atoms with Crippen LogP contribution in [0.1, 0.15) is 5.56 Å². The third kappa shape index (κ3) is 4.74. The zero-order chi connectivity index (χ0) is 26.9. The number of benzene rings is 4. The van der Waals surface area contributed by atoms with Gasteiger partial charge in [-0.15, -0.1) is 0 Å². The maximum Gasteiger partial charge on any atom is 0.262 e. The fraction of sp³-hybridized carbons (Fsp3) is 0.226. The maximum absolute atomic E-state index is 13.6. The van der Waals surface area contributed by atoms with Crippen LogP contribution in [0.2, 0.25) is 0 Å². The van der Waals surface area contributed by atoms with Gasteiger partial charge in [-0.25, -0.2) is 9.37 Å². The second kappa shape index (κ2) is 10.3. The van der Waals surface area contributed by atoms with Crippen molar-refractivity contribution in [2.45, 2.75) is 6.54 Å². The Morgan fingerprint density at radius 3 is 2.21 bits per heavy atom. The maximum atomic E-state index is 13.6. The van der Waals surface area contributed by atoms with Crippen LogP contribution in [0.25, 0.3) is 21.7 Å². The standard InChI is InChI=1S/C31H29FN4O3/c1-38-28-12-3-21(17-29(28)39-2)19-36-20-33-27-11-4-22-18-25(9-10-26(22)30(27)31(36)37)35-15-13-34(14-16-35)24-7-5-23(32)6-8-24/h3-12,17-18,20H,13-16,19H2,1-2H3. The van der Waals surface area contributed by atoms with E-state index >= 15 is 0 Å². The molecule has 1 aliphatic heterocycles. The summed E-state index contributed by atoms with van der Waals surface area (Å²) in [4.78, 5) is 22.8. The molecule has 0 unspecified atom stereocenters. The summed E-state index contributed by atoms with van der Waals surface area (Å²) in [5.74, 6) is 1.04. The Hall–Kier alpha value is -4.59. The summed E-state index contributed by atoms with van der Waals surface area (Å²) in [6.07, 6.45) is 1.60. The largest absolute Gasteiger partial charge is 0.493 e. The number of nitrogens with zero attached hydrogens (tertiary/aromatic N) is 4. The van der Waals surface area contributed by atoms with Gasteiger partial charge >= 0.3 is 0 Å². The molecule has 0 N–H and O–H groups in total. The molecule has 5 aromatic rings. The van der Waals surface area contributed by atoms with Gasteiger partial charge < -0.3 is 19.3 Å². The molecule has 8 heteroatoms. The first-order valence-corrected chi connectivity index (χ1v) is 12.9. The predicted molar refractivity (Wildman–Crippen MR) is 153 cm³/mol. The molecule has 0 aliphatic carbocycles. The fourth-order valence-electron chi connectivity index (χ4n) is 5.33. The number of methoxy groups -OCH3 is 2. The monoisotopic (exact) mass is 524 g/mol. The minimum Gasteiger partial charge on any atom is -0.493 e. The van der Waals surface area contributed by atoms with Gasteiger partial charge in [-0.1, -0.05) is 18.2 Å². The molecule has 1 aromatic heterocycles. The lowest BCUT2D eigenvalue weighted by molar-refractivity contribution is 0.354. The minimum atomic E-state index is -0.219. The second-order valence-corrected chi connectivity index (χ2v) is 9.68. The highest BCUT2D eigenvalue weighted by atomic mass is 19.1. The van der Waals surface area contributed by atoms with Gasteiger partial charge in [-0.3, -0.25) is 9.36 Å². The molecule has 1 saturated heterocycles. The third-order valence-corrected chi connectivity index (χ3v) is 7.43. The molecular weight excluding hydrogens is 495 g/mol. The summed E-state index contributed by atoms with van der Waals surface area (Å²) in [5, 5.41) is 2.51. The Balaban J connectivity index is 1.27. The smallest absolute Gasteiger partial charge is 0.262 e. The van der Waals surface area contributed by atoms with Crippen LogP contribution in [0.15, 0.2) is 83.9 Å². The number of hydrogen-bond donors (Lipinski definition) is 0. The average Bonchev–Trinajstić information content (AvgIpc) is 2.98. The summed E-state index contributed by atoms with van der Waals surface area (Å²) in [5.41, 5.74) is 3.67. The summed E-state index contributed by atoms with van der Waals surface area (Å²) >= 11 is 0. The van der Waals surface area contributed by atoms with Gasteiger partial charge in [0.1, 0.15) is 5.82 Å². The van der Waals surface area contributed by atoms with Gasteiger partial charge in [0.2, 0.25) is 0 Å². The van der Waals surface area contributed by atoms with E-state index in [1.807, 2.05) is 48.5 Å². The molecule has 0 radical (unpaired) electrons. The van der Waals surface area contributed by atoms with E-state index in [4.69, 9.17) is 9.47 Å². The lowest BCUT2D eigenvalue weighted by atomic mass is 10.0. The highest BCUT2D eigenvalue weighted by Gasteiger charge is 2.19. The highest BCUT2D eigenvalue weighted by molar-refractivity contribution is 6.06. The molecule has 0 bridgehead atoms. The van der Waals surface area contributed by atoms with Gasteiger partial charge in [0.25, 0.3) is 5.56 Å². The Kier molecular flexibility index (Phi) is 6.52. The van der Waals surface area contributed by atoms with E-state index in [1.165, 1.54) is 12.1 Å². The van der Waals surface area contributed by atoms with Gasteiger partial charge in [0.05, 0.1) is 38.0 Å². The summed E-state index contributed by atoms with van der Waals surface area (Å²) in [6, 6.07) is 22.5. The molecule has 198 valence electrons. The van der Waals surface area contributed by atoms with Crippen molar-refractivity contribution in [3.8, 4) is 11.5 Å². The van der Waals surface area contributed by atoms with E-state index in [0.717, 1.165) is 53.9 Å². The van der Waals surface area contributed by atoms with E-state index < -0.39 is 0 Å². The van der Waals surface area contributed by atoms with Crippen LogP contribution in [0.3, 0.4) is 0 Å². The average molecular weight is 525 g/mol. The van der Waals surface area contributed by atoms with Crippen LogP contribution >= 0.6 is 0 Å². The van der Waals surface area contributed by atoms with E-state index in [0.29, 0.717) is 28.9 Å². The predicted octanol–water partition coefficient (Wildman–Crippen LogP) is 5.08. The topological polar surface area (TPSA) is 59.8 Å². The second-order valence-electron chi connectivity index (χ2n) is 9.68. The molecular formula is C31H29FN4O3. The molecule has 0 amide bonds. The van der Waals surface area contributed by atoms with Crippen LogP contribution in [0.4, 0.5) is 15.8 Å².